The molecule has 0 aromatic heterocycles. The van der Waals surface area contributed by atoms with Crippen molar-refractivity contribution in [1.82, 2.24) is 9.80 Å². The summed E-state index contributed by atoms with van der Waals surface area (Å²) in [5, 5.41) is 0. The largest absolute Gasteiger partial charge is 0.289 e. The van der Waals surface area contributed by atoms with Crippen LogP contribution in [0.5, 0.6) is 0 Å². The highest BCUT2D eigenvalue weighted by molar-refractivity contribution is 6.21. The summed E-state index contributed by atoms with van der Waals surface area (Å²) in [4.78, 5) is 27.6. The topological polar surface area (TPSA) is 40.6 Å². The molecule has 0 spiro atoms. The second kappa shape index (κ2) is 4.30. The Morgan fingerprint density at radius 2 is 1.59 bits per heavy atom. The molecule has 1 aliphatic rings. The van der Waals surface area contributed by atoms with Crippen molar-refractivity contribution in [3.63, 3.8) is 0 Å². The van der Waals surface area contributed by atoms with E-state index in [4.69, 9.17) is 0 Å². The lowest BCUT2D eigenvalue weighted by Gasteiger charge is -2.30. The van der Waals surface area contributed by atoms with Crippen LogP contribution in [0, 0.1) is 0 Å². The van der Waals surface area contributed by atoms with Crippen LogP contribution in [0.15, 0.2) is 24.3 Å². The molecule has 90 valence electrons. The van der Waals surface area contributed by atoms with Crippen LogP contribution in [0.3, 0.4) is 0 Å². The summed E-state index contributed by atoms with van der Waals surface area (Å²) in [6.45, 7) is 1.97. The number of carbonyl (C=O) groups excluding carboxylic acids is 2. The first kappa shape index (κ1) is 11.8. The second-order valence-electron chi connectivity index (χ2n) is 4.38. The molecular weight excluding hydrogens is 216 g/mol. The van der Waals surface area contributed by atoms with Gasteiger partial charge in [0, 0.05) is 0 Å². The zero-order valence-electron chi connectivity index (χ0n) is 10.3. The van der Waals surface area contributed by atoms with Gasteiger partial charge >= 0.3 is 0 Å². The fourth-order valence-electron chi connectivity index (χ4n) is 2.26. The van der Waals surface area contributed by atoms with Crippen LogP contribution >= 0.6 is 0 Å². The van der Waals surface area contributed by atoms with Gasteiger partial charge in [0.15, 0.2) is 0 Å². The summed E-state index contributed by atoms with van der Waals surface area (Å²) >= 11 is 0. The third-order valence-electron chi connectivity index (χ3n) is 3.08. The van der Waals surface area contributed by atoms with E-state index in [2.05, 4.69) is 0 Å². The standard InChI is InChI=1S/C13H16N2O2/c1-4-11(14(2)3)15-12(16)9-7-5-6-8-10(9)13(15)17/h5-8,11H,4H2,1-3H3. The molecular formula is C13H16N2O2. The number of hydrogen-bond acceptors (Lipinski definition) is 3. The summed E-state index contributed by atoms with van der Waals surface area (Å²) in [5.41, 5.74) is 1.02. The van der Waals surface area contributed by atoms with Crippen molar-refractivity contribution >= 4 is 11.8 Å². The molecule has 1 aliphatic heterocycles. The Morgan fingerprint density at radius 3 is 1.94 bits per heavy atom. The van der Waals surface area contributed by atoms with Gasteiger partial charge in [-0.05, 0) is 32.6 Å². The van der Waals surface area contributed by atoms with E-state index in [0.29, 0.717) is 11.1 Å². The molecule has 1 aromatic carbocycles. The summed E-state index contributed by atoms with van der Waals surface area (Å²) in [5.74, 6) is -0.377. The molecule has 0 aliphatic carbocycles. The van der Waals surface area contributed by atoms with E-state index in [1.165, 1.54) is 4.90 Å². The van der Waals surface area contributed by atoms with Crippen molar-refractivity contribution in [2.75, 3.05) is 14.1 Å². The molecule has 1 unspecified atom stereocenters. The highest BCUT2D eigenvalue weighted by Crippen LogP contribution is 2.25. The molecule has 0 N–H and O–H groups in total. The van der Waals surface area contributed by atoms with Crippen LogP contribution in [0.2, 0.25) is 0 Å². The molecule has 0 saturated carbocycles. The van der Waals surface area contributed by atoms with E-state index in [-0.39, 0.29) is 18.0 Å². The van der Waals surface area contributed by atoms with Crippen LogP contribution in [-0.4, -0.2) is 41.9 Å². The first-order chi connectivity index (χ1) is 8.07. The van der Waals surface area contributed by atoms with Crippen molar-refractivity contribution in [1.29, 1.82) is 0 Å². The Kier molecular flexibility index (Phi) is 2.98. The number of hydrogen-bond donors (Lipinski definition) is 0. The van der Waals surface area contributed by atoms with Crippen LogP contribution in [-0.2, 0) is 0 Å². The fraction of sp³-hybridized carbons (Fsp3) is 0.385. The van der Waals surface area contributed by atoms with Crippen molar-refractivity contribution in [2.45, 2.75) is 19.5 Å². The van der Waals surface area contributed by atoms with Crippen molar-refractivity contribution < 1.29 is 9.59 Å². The van der Waals surface area contributed by atoms with Crippen molar-refractivity contribution in [3.05, 3.63) is 35.4 Å². The van der Waals surface area contributed by atoms with Gasteiger partial charge in [-0.2, -0.15) is 0 Å². The van der Waals surface area contributed by atoms with Gasteiger partial charge in [-0.25, -0.2) is 0 Å². The number of benzene rings is 1. The number of amides is 2. The molecule has 4 heteroatoms. The molecule has 0 saturated heterocycles. The molecule has 1 aromatic rings. The predicted molar refractivity (Wildman–Crippen MR) is 64.7 cm³/mol. The lowest BCUT2D eigenvalue weighted by Crippen LogP contribution is -2.47. The van der Waals surface area contributed by atoms with E-state index in [0.717, 1.165) is 6.42 Å². The molecule has 1 atom stereocenters. The first-order valence-corrected chi connectivity index (χ1v) is 5.71. The molecule has 0 fully saturated rings. The minimum atomic E-state index is -0.189. The van der Waals surface area contributed by atoms with Gasteiger partial charge in [0.1, 0.15) is 0 Å². The van der Waals surface area contributed by atoms with Gasteiger partial charge < -0.3 is 0 Å². The van der Waals surface area contributed by atoms with Crippen molar-refractivity contribution in [2.24, 2.45) is 0 Å². The van der Waals surface area contributed by atoms with Crippen LogP contribution < -0.4 is 0 Å². The average molecular weight is 232 g/mol. The summed E-state index contributed by atoms with van der Waals surface area (Å²) in [7, 11) is 3.75. The maximum absolute atomic E-state index is 12.2. The summed E-state index contributed by atoms with van der Waals surface area (Å²) in [6.07, 6.45) is 0.542. The van der Waals surface area contributed by atoms with Crippen LogP contribution in [0.1, 0.15) is 34.1 Å². The minimum Gasteiger partial charge on any atom is -0.289 e. The van der Waals surface area contributed by atoms with E-state index < -0.39 is 0 Å². The third kappa shape index (κ3) is 1.74. The fourth-order valence-corrected chi connectivity index (χ4v) is 2.26. The molecule has 2 amide bonds. The number of rotatable bonds is 3. The first-order valence-electron chi connectivity index (χ1n) is 5.71. The van der Waals surface area contributed by atoms with Crippen LogP contribution in [0.4, 0.5) is 0 Å². The number of nitrogens with zero attached hydrogens (tertiary/aromatic N) is 2. The number of fused-ring (bicyclic) bond motifs is 1. The van der Waals surface area contributed by atoms with Crippen molar-refractivity contribution in [3.8, 4) is 0 Å². The van der Waals surface area contributed by atoms with Gasteiger partial charge in [-0.15, -0.1) is 0 Å². The van der Waals surface area contributed by atoms with Gasteiger partial charge in [0.2, 0.25) is 0 Å². The number of carbonyl (C=O) groups is 2. The normalized spacial score (nSPS) is 16.6. The van der Waals surface area contributed by atoms with Gasteiger partial charge in [-0.3, -0.25) is 19.4 Å². The molecule has 0 bridgehead atoms. The highest BCUT2D eigenvalue weighted by atomic mass is 16.2. The van der Waals surface area contributed by atoms with E-state index in [1.54, 1.807) is 24.3 Å². The molecule has 0 radical (unpaired) electrons. The number of imide groups is 1. The smallest absolute Gasteiger partial charge is 0.262 e. The SMILES string of the molecule is CCC(N(C)C)N1C(=O)c2ccccc2C1=O. The Labute approximate surface area is 101 Å². The van der Waals surface area contributed by atoms with Gasteiger partial charge in [0.05, 0.1) is 17.3 Å². The zero-order chi connectivity index (χ0) is 12.6. The summed E-state index contributed by atoms with van der Waals surface area (Å²) in [6, 6.07) is 6.98. The van der Waals surface area contributed by atoms with E-state index in [9.17, 15) is 9.59 Å². The minimum absolute atomic E-state index is 0.178. The summed E-state index contributed by atoms with van der Waals surface area (Å²) < 4.78 is 0. The Hall–Kier alpha value is -1.68. The predicted octanol–water partition coefficient (Wildman–Crippen LogP) is 1.58. The lowest BCUT2D eigenvalue weighted by atomic mass is 10.1. The Bertz CT molecular complexity index is 433. The Morgan fingerprint density at radius 1 is 1.12 bits per heavy atom. The Balaban J connectivity index is 2.42. The van der Waals surface area contributed by atoms with E-state index >= 15 is 0 Å². The third-order valence-corrected chi connectivity index (χ3v) is 3.08. The van der Waals surface area contributed by atoms with Gasteiger partial charge in [0.25, 0.3) is 11.8 Å². The zero-order valence-corrected chi connectivity index (χ0v) is 10.3. The molecule has 17 heavy (non-hydrogen) atoms. The molecule has 2 rings (SSSR count). The molecule has 4 nitrogen and oxygen atoms in total. The monoisotopic (exact) mass is 232 g/mol. The quantitative estimate of drug-likeness (QED) is 0.743. The van der Waals surface area contributed by atoms with E-state index in [1.807, 2.05) is 25.9 Å². The van der Waals surface area contributed by atoms with Gasteiger partial charge in [-0.1, -0.05) is 19.1 Å². The molecule has 1 heterocycles. The van der Waals surface area contributed by atoms with Crippen LogP contribution in [0.25, 0.3) is 0 Å². The second-order valence-corrected chi connectivity index (χ2v) is 4.38. The lowest BCUT2D eigenvalue weighted by molar-refractivity contribution is 0.0404. The highest BCUT2D eigenvalue weighted by Gasteiger charge is 2.39. The maximum atomic E-state index is 12.2. The average Bonchev–Trinajstić information content (AvgIpc) is 2.56. The maximum Gasteiger partial charge on any atom is 0.262 e.